The number of carboxylic acid groups (broad SMARTS) is 1. The van der Waals surface area contributed by atoms with E-state index in [2.05, 4.69) is 25.5 Å². The number of nitrogens with zero attached hydrogens (tertiary/aromatic N) is 1. The van der Waals surface area contributed by atoms with Gasteiger partial charge in [-0.2, -0.15) is 0 Å². The van der Waals surface area contributed by atoms with Gasteiger partial charge in [0.2, 0.25) is 0 Å². The van der Waals surface area contributed by atoms with E-state index in [0.717, 1.165) is 37.1 Å². The summed E-state index contributed by atoms with van der Waals surface area (Å²) in [5, 5.41) is 8.29. The highest BCUT2D eigenvalue weighted by atomic mass is 16.7. The van der Waals surface area contributed by atoms with Gasteiger partial charge < -0.3 is 14.3 Å². The van der Waals surface area contributed by atoms with Gasteiger partial charge in [-0.3, -0.25) is 0 Å². The maximum atomic E-state index is 10.1. The van der Waals surface area contributed by atoms with Crippen LogP contribution in [0.1, 0.15) is 27.2 Å². The summed E-state index contributed by atoms with van der Waals surface area (Å²) in [6, 6.07) is 0. The molecule has 0 heterocycles. The highest BCUT2D eigenvalue weighted by Crippen LogP contribution is 2.07. The molecule has 1 N–H and O–H groups in total. The number of carbonyl (C=O) groups is 1. The van der Waals surface area contributed by atoms with Crippen LogP contribution in [-0.2, 0) is 4.74 Å². The van der Waals surface area contributed by atoms with Gasteiger partial charge in [0.05, 0.1) is 26.2 Å². The van der Waals surface area contributed by atoms with Crippen molar-refractivity contribution in [1.82, 2.24) is 0 Å². The minimum Gasteiger partial charge on any atom is -0.450 e. The molecular formula is C10H22NO3+. The summed E-state index contributed by atoms with van der Waals surface area (Å²) >= 11 is 0. The third-order valence-corrected chi connectivity index (χ3v) is 3.01. The van der Waals surface area contributed by atoms with E-state index in [0.29, 0.717) is 6.61 Å². The van der Waals surface area contributed by atoms with Crippen molar-refractivity contribution in [3.8, 4) is 0 Å². The molecule has 4 nitrogen and oxygen atoms in total. The zero-order valence-electron chi connectivity index (χ0n) is 9.45. The van der Waals surface area contributed by atoms with Crippen molar-refractivity contribution in [2.24, 2.45) is 0 Å². The third kappa shape index (κ3) is 4.46. The summed E-state index contributed by atoms with van der Waals surface area (Å²) in [7, 11) is 0. The molecule has 0 saturated heterocycles. The van der Waals surface area contributed by atoms with Gasteiger partial charge in [-0.15, -0.1) is 0 Å². The molecule has 0 radical (unpaired) electrons. The first-order valence-corrected chi connectivity index (χ1v) is 5.31. The Kier molecular flexibility index (Phi) is 6.28. The van der Waals surface area contributed by atoms with Crippen LogP contribution in [-0.4, -0.2) is 48.5 Å². The number of quaternary nitrogens is 1. The molecule has 0 rings (SSSR count). The highest BCUT2D eigenvalue weighted by molar-refractivity contribution is 5.56. The van der Waals surface area contributed by atoms with E-state index >= 15 is 0 Å². The van der Waals surface area contributed by atoms with Crippen LogP contribution in [0.15, 0.2) is 0 Å². The van der Waals surface area contributed by atoms with Crippen molar-refractivity contribution < 1.29 is 19.1 Å². The minimum atomic E-state index is -1.17. The lowest BCUT2D eigenvalue weighted by molar-refractivity contribution is -0.923. The number of rotatable bonds is 7. The second-order valence-electron chi connectivity index (χ2n) is 3.48. The van der Waals surface area contributed by atoms with Crippen molar-refractivity contribution in [1.29, 1.82) is 0 Å². The van der Waals surface area contributed by atoms with Crippen molar-refractivity contribution >= 4 is 6.16 Å². The molecule has 0 aromatic carbocycles. The molecule has 0 aliphatic rings. The molecule has 0 atom stereocenters. The van der Waals surface area contributed by atoms with Gasteiger partial charge in [0.15, 0.2) is 0 Å². The Balaban J connectivity index is 3.77. The predicted molar refractivity (Wildman–Crippen MR) is 55.3 cm³/mol. The quantitative estimate of drug-likeness (QED) is 0.391. The van der Waals surface area contributed by atoms with Gasteiger partial charge in [0, 0.05) is 6.42 Å². The first kappa shape index (κ1) is 13.2. The standard InChI is InChI=1S/C10H21NO3/c1-4-11(5-2,6-3)8-7-9-14-10(12)13/h4-9H2,1-3H3/p+1. The Bertz CT molecular complexity index is 158. The van der Waals surface area contributed by atoms with E-state index < -0.39 is 6.16 Å². The molecule has 0 aromatic rings. The van der Waals surface area contributed by atoms with E-state index in [1.807, 2.05) is 0 Å². The topological polar surface area (TPSA) is 46.5 Å². The average Bonchev–Trinajstić information content (AvgIpc) is 2.19. The molecule has 0 aromatic heterocycles. The maximum absolute atomic E-state index is 10.1. The number of hydrogen-bond donors (Lipinski definition) is 1. The van der Waals surface area contributed by atoms with Crippen LogP contribution < -0.4 is 0 Å². The smallest absolute Gasteiger partial charge is 0.450 e. The largest absolute Gasteiger partial charge is 0.505 e. The van der Waals surface area contributed by atoms with E-state index in [4.69, 9.17) is 5.11 Å². The van der Waals surface area contributed by atoms with Crippen LogP contribution in [0, 0.1) is 0 Å². The molecule has 14 heavy (non-hydrogen) atoms. The summed E-state index contributed by atoms with van der Waals surface area (Å²) in [4.78, 5) is 10.1. The zero-order chi connectivity index (χ0) is 11.0. The van der Waals surface area contributed by atoms with Crippen molar-refractivity contribution in [3.63, 3.8) is 0 Å². The van der Waals surface area contributed by atoms with Gasteiger partial charge >= 0.3 is 6.16 Å². The van der Waals surface area contributed by atoms with Crippen LogP contribution >= 0.6 is 0 Å². The molecule has 84 valence electrons. The summed E-state index contributed by atoms with van der Waals surface area (Å²) in [6.45, 7) is 11.1. The predicted octanol–water partition coefficient (Wildman–Crippen LogP) is 1.95. The minimum absolute atomic E-state index is 0.315. The van der Waals surface area contributed by atoms with Crippen molar-refractivity contribution in [2.75, 3.05) is 32.8 Å². The van der Waals surface area contributed by atoms with E-state index in [1.54, 1.807) is 0 Å². The summed E-state index contributed by atoms with van der Waals surface area (Å²) < 4.78 is 5.52. The molecule has 0 unspecified atom stereocenters. The second kappa shape index (κ2) is 6.65. The lowest BCUT2D eigenvalue weighted by atomic mass is 10.3. The summed E-state index contributed by atoms with van der Waals surface area (Å²) in [5.74, 6) is 0. The van der Waals surface area contributed by atoms with Crippen LogP contribution in [0.5, 0.6) is 0 Å². The van der Waals surface area contributed by atoms with Gasteiger partial charge in [-0.25, -0.2) is 4.79 Å². The number of ether oxygens (including phenoxy) is 1. The zero-order valence-corrected chi connectivity index (χ0v) is 9.45. The molecule has 0 aliphatic carbocycles. The van der Waals surface area contributed by atoms with Crippen LogP contribution in [0.4, 0.5) is 4.79 Å². The molecule has 0 spiro atoms. The molecule has 0 amide bonds. The Morgan fingerprint density at radius 3 is 2.07 bits per heavy atom. The Labute approximate surface area is 86.1 Å². The molecule has 0 fully saturated rings. The van der Waals surface area contributed by atoms with Crippen molar-refractivity contribution in [3.05, 3.63) is 0 Å². The Morgan fingerprint density at radius 1 is 1.21 bits per heavy atom. The number of hydrogen-bond acceptors (Lipinski definition) is 2. The molecule has 0 aliphatic heterocycles. The fourth-order valence-corrected chi connectivity index (χ4v) is 1.70. The Hall–Kier alpha value is -0.770. The first-order chi connectivity index (χ1) is 6.60. The average molecular weight is 204 g/mol. The molecule has 0 saturated carbocycles. The highest BCUT2D eigenvalue weighted by Gasteiger charge is 2.19. The van der Waals surface area contributed by atoms with Crippen LogP contribution in [0.3, 0.4) is 0 Å². The van der Waals surface area contributed by atoms with Gasteiger partial charge in [-0.1, -0.05) is 0 Å². The van der Waals surface area contributed by atoms with Crippen LogP contribution in [0.2, 0.25) is 0 Å². The normalized spacial score (nSPS) is 11.4. The molecule has 4 heteroatoms. The fourth-order valence-electron chi connectivity index (χ4n) is 1.70. The summed E-state index contributed by atoms with van der Waals surface area (Å²) in [5.41, 5.74) is 0. The fraction of sp³-hybridized carbons (Fsp3) is 0.900. The SMILES string of the molecule is CC[N+](CC)(CC)CCCOC(=O)O. The van der Waals surface area contributed by atoms with Crippen LogP contribution in [0.25, 0.3) is 0 Å². The first-order valence-electron chi connectivity index (χ1n) is 5.31. The van der Waals surface area contributed by atoms with E-state index in [-0.39, 0.29) is 0 Å². The van der Waals surface area contributed by atoms with Gasteiger partial charge in [-0.05, 0) is 20.8 Å². The lowest BCUT2D eigenvalue weighted by Gasteiger charge is -2.35. The maximum Gasteiger partial charge on any atom is 0.505 e. The Morgan fingerprint density at radius 2 is 1.71 bits per heavy atom. The summed E-state index contributed by atoms with van der Waals surface area (Å²) in [6.07, 6.45) is -0.366. The van der Waals surface area contributed by atoms with E-state index in [1.165, 1.54) is 0 Å². The molecule has 0 bridgehead atoms. The lowest BCUT2D eigenvalue weighted by Crippen LogP contribution is -2.48. The van der Waals surface area contributed by atoms with Gasteiger partial charge in [0.25, 0.3) is 0 Å². The second-order valence-corrected chi connectivity index (χ2v) is 3.48. The molecular weight excluding hydrogens is 182 g/mol. The monoisotopic (exact) mass is 204 g/mol. The van der Waals surface area contributed by atoms with Gasteiger partial charge in [0.1, 0.15) is 6.61 Å². The van der Waals surface area contributed by atoms with Crippen molar-refractivity contribution in [2.45, 2.75) is 27.2 Å². The van der Waals surface area contributed by atoms with E-state index in [9.17, 15) is 4.79 Å². The third-order valence-electron chi connectivity index (χ3n) is 3.01.